The Morgan fingerprint density at radius 3 is 2.55 bits per heavy atom. The van der Waals surface area contributed by atoms with Gasteiger partial charge in [-0.3, -0.25) is 10.2 Å². The zero-order valence-electron chi connectivity index (χ0n) is 5.40. The molecule has 0 rings (SSSR count). The molecule has 7 heteroatoms. The lowest BCUT2D eigenvalue weighted by atomic mass is 10.3. The Morgan fingerprint density at radius 1 is 1.64 bits per heavy atom. The zero-order valence-corrected chi connectivity index (χ0v) is 6.22. The first-order valence-electron chi connectivity index (χ1n) is 2.59. The van der Waals surface area contributed by atoms with E-state index in [1.807, 2.05) is 0 Å². The van der Waals surface area contributed by atoms with Crippen LogP contribution in [0.3, 0.4) is 0 Å². The van der Waals surface area contributed by atoms with Gasteiger partial charge in [-0.1, -0.05) is 0 Å². The molecule has 1 unspecified atom stereocenters. The lowest BCUT2D eigenvalue weighted by Gasteiger charge is -2.05. The fourth-order valence-electron chi connectivity index (χ4n) is 0.344. The van der Waals surface area contributed by atoms with Crippen molar-refractivity contribution in [3.63, 3.8) is 0 Å². The minimum absolute atomic E-state index is 0.219. The van der Waals surface area contributed by atoms with Crippen LogP contribution >= 0.6 is 0 Å². The molecule has 0 saturated heterocycles. The second-order valence-electron chi connectivity index (χ2n) is 1.60. The molecular formula is C4H6NO5S-. The highest BCUT2D eigenvalue weighted by Crippen LogP contribution is 1.94. The summed E-state index contributed by atoms with van der Waals surface area (Å²) >= 11 is -2.78. The van der Waals surface area contributed by atoms with E-state index in [0.29, 0.717) is 0 Å². The van der Waals surface area contributed by atoms with E-state index in [4.69, 9.17) is 10.5 Å². The smallest absolute Gasteiger partial charge is 0.303 e. The van der Waals surface area contributed by atoms with Crippen LogP contribution in [-0.2, 0) is 20.3 Å². The number of carboxylic acid groups (broad SMARTS) is 1. The van der Waals surface area contributed by atoms with Crippen molar-refractivity contribution < 1.29 is 22.8 Å². The van der Waals surface area contributed by atoms with Crippen molar-refractivity contribution in [1.82, 2.24) is 0 Å². The quantitative estimate of drug-likeness (QED) is 0.348. The van der Waals surface area contributed by atoms with Gasteiger partial charge in [-0.25, -0.2) is 4.21 Å². The molecule has 2 N–H and O–H groups in total. The van der Waals surface area contributed by atoms with Crippen molar-refractivity contribution in [1.29, 1.82) is 5.41 Å². The van der Waals surface area contributed by atoms with E-state index in [9.17, 15) is 13.6 Å². The van der Waals surface area contributed by atoms with Gasteiger partial charge in [0.2, 0.25) is 0 Å². The normalized spacial score (nSPS) is 12.1. The molecule has 0 fully saturated rings. The molecule has 0 aromatic heterocycles. The van der Waals surface area contributed by atoms with Gasteiger partial charge in [-0.2, -0.15) is 0 Å². The van der Waals surface area contributed by atoms with Crippen LogP contribution in [0.5, 0.6) is 0 Å². The predicted octanol–water partition coefficient (Wildman–Crippen LogP) is -0.361. The van der Waals surface area contributed by atoms with Gasteiger partial charge in [-0.05, 0) is 0 Å². The van der Waals surface area contributed by atoms with Crippen LogP contribution in [0.4, 0.5) is 0 Å². The first-order valence-corrected chi connectivity index (χ1v) is 3.59. The van der Waals surface area contributed by atoms with Crippen molar-refractivity contribution in [2.45, 2.75) is 12.8 Å². The molecule has 0 bridgehead atoms. The molecule has 0 aromatic rings. The lowest BCUT2D eigenvalue weighted by molar-refractivity contribution is -0.136. The molecule has 64 valence electrons. The van der Waals surface area contributed by atoms with E-state index >= 15 is 0 Å². The maximum atomic E-state index is 9.88. The summed E-state index contributed by atoms with van der Waals surface area (Å²) in [4.78, 5) is 9.88. The van der Waals surface area contributed by atoms with Crippen LogP contribution < -0.4 is 0 Å². The highest BCUT2D eigenvalue weighted by Gasteiger charge is 2.02. The van der Waals surface area contributed by atoms with Crippen molar-refractivity contribution >= 4 is 23.2 Å². The van der Waals surface area contributed by atoms with E-state index in [-0.39, 0.29) is 12.8 Å². The maximum absolute atomic E-state index is 9.88. The van der Waals surface area contributed by atoms with E-state index in [2.05, 4.69) is 4.18 Å². The van der Waals surface area contributed by atoms with Gasteiger partial charge in [0.1, 0.15) is 11.4 Å². The van der Waals surface area contributed by atoms with Crippen LogP contribution in [0, 0.1) is 5.41 Å². The summed E-state index contributed by atoms with van der Waals surface area (Å²) in [6.07, 6.45) is -0.528. The standard InChI is InChI=1S/C4H7NO5S/c5-3(10-11(8)9)1-2-4(6)7/h5H,1-2H2,(H,6,7)(H,8,9)/p-1. The first kappa shape index (κ1) is 10.0. The molecule has 0 aromatic carbocycles. The van der Waals surface area contributed by atoms with Gasteiger partial charge >= 0.3 is 5.97 Å². The summed E-state index contributed by atoms with van der Waals surface area (Å²) in [5.74, 6) is -1.67. The summed E-state index contributed by atoms with van der Waals surface area (Å²) in [5.41, 5.74) is 0. The lowest BCUT2D eigenvalue weighted by Crippen LogP contribution is -2.08. The molecule has 0 amide bonds. The summed E-state index contributed by atoms with van der Waals surface area (Å²) < 4.78 is 23.3. The average molecular weight is 180 g/mol. The molecule has 0 aliphatic heterocycles. The number of aliphatic carboxylic acids is 1. The minimum Gasteiger partial charge on any atom is -0.740 e. The second kappa shape index (κ2) is 4.80. The summed E-state index contributed by atoms with van der Waals surface area (Å²) in [6, 6.07) is 0. The highest BCUT2D eigenvalue weighted by atomic mass is 32.2. The Bertz CT molecular complexity index is 191. The molecule has 11 heavy (non-hydrogen) atoms. The second-order valence-corrected chi connectivity index (χ2v) is 2.18. The van der Waals surface area contributed by atoms with Crippen molar-refractivity contribution in [3.8, 4) is 0 Å². The Morgan fingerprint density at radius 2 is 2.18 bits per heavy atom. The fraction of sp³-hybridized carbons (Fsp3) is 0.500. The summed E-state index contributed by atoms with van der Waals surface area (Å²) in [6.45, 7) is 0. The summed E-state index contributed by atoms with van der Waals surface area (Å²) in [7, 11) is 0. The van der Waals surface area contributed by atoms with Crippen LogP contribution in [-0.4, -0.2) is 25.7 Å². The highest BCUT2D eigenvalue weighted by molar-refractivity contribution is 7.74. The van der Waals surface area contributed by atoms with Gasteiger partial charge in [0.25, 0.3) is 0 Å². The van der Waals surface area contributed by atoms with E-state index in [1.165, 1.54) is 0 Å². The third-order valence-corrected chi connectivity index (χ3v) is 1.07. The summed E-state index contributed by atoms with van der Waals surface area (Å²) in [5, 5.41) is 14.8. The van der Waals surface area contributed by atoms with Crippen LogP contribution in [0.2, 0.25) is 0 Å². The van der Waals surface area contributed by atoms with Gasteiger partial charge < -0.3 is 13.8 Å². The molecule has 0 aliphatic rings. The molecule has 6 nitrogen and oxygen atoms in total. The Kier molecular flexibility index (Phi) is 4.39. The number of hydrogen-bond acceptors (Lipinski definition) is 5. The van der Waals surface area contributed by atoms with Gasteiger partial charge in [0.15, 0.2) is 5.90 Å². The van der Waals surface area contributed by atoms with E-state index in [0.717, 1.165) is 0 Å². The fourth-order valence-corrected chi connectivity index (χ4v) is 0.592. The molecule has 0 aliphatic carbocycles. The zero-order chi connectivity index (χ0) is 8.85. The van der Waals surface area contributed by atoms with Gasteiger partial charge in [0, 0.05) is 6.42 Å². The number of carboxylic acids is 1. The van der Waals surface area contributed by atoms with Gasteiger partial charge in [-0.15, -0.1) is 0 Å². The number of rotatable bonds is 4. The van der Waals surface area contributed by atoms with Crippen LogP contribution in [0.1, 0.15) is 12.8 Å². The SMILES string of the molecule is N=C(CCC(=O)O)OS(=O)[O-]. The predicted molar refractivity (Wildman–Crippen MR) is 34.6 cm³/mol. The van der Waals surface area contributed by atoms with Crippen LogP contribution in [0.25, 0.3) is 0 Å². The monoisotopic (exact) mass is 180 g/mol. The molecular weight excluding hydrogens is 174 g/mol. The number of carbonyl (C=O) groups is 1. The third kappa shape index (κ3) is 6.94. The average Bonchev–Trinajstić information content (AvgIpc) is 1.82. The molecule has 0 spiro atoms. The van der Waals surface area contributed by atoms with Crippen molar-refractivity contribution in [2.75, 3.05) is 0 Å². The Labute approximate surface area is 65.2 Å². The van der Waals surface area contributed by atoms with Crippen molar-refractivity contribution in [2.24, 2.45) is 0 Å². The van der Waals surface area contributed by atoms with Crippen LogP contribution in [0.15, 0.2) is 0 Å². The van der Waals surface area contributed by atoms with Crippen molar-refractivity contribution in [3.05, 3.63) is 0 Å². The molecule has 0 saturated carbocycles. The Hall–Kier alpha value is -0.950. The topological polar surface area (TPSA) is 111 Å². The Balaban J connectivity index is 3.53. The first-order chi connectivity index (χ1) is 5.02. The molecule has 0 radical (unpaired) electrons. The number of hydrogen-bond donors (Lipinski definition) is 2. The van der Waals surface area contributed by atoms with Gasteiger partial charge in [0.05, 0.1) is 6.42 Å². The van der Waals surface area contributed by atoms with E-state index < -0.39 is 23.2 Å². The molecule has 0 heterocycles. The molecule has 1 atom stereocenters. The number of nitrogens with one attached hydrogen (secondary N) is 1. The van der Waals surface area contributed by atoms with E-state index in [1.54, 1.807) is 0 Å². The largest absolute Gasteiger partial charge is 0.740 e. The maximum Gasteiger partial charge on any atom is 0.303 e. The third-order valence-electron chi connectivity index (χ3n) is 0.735. The minimum atomic E-state index is -2.78.